The van der Waals surface area contributed by atoms with Gasteiger partial charge in [-0.15, -0.1) is 0 Å². The first-order valence-corrected chi connectivity index (χ1v) is 5.84. The Balaban J connectivity index is 2.03. The fourth-order valence-corrected chi connectivity index (χ4v) is 2.09. The Morgan fingerprint density at radius 2 is 1.88 bits per heavy atom. The van der Waals surface area contributed by atoms with Gasteiger partial charge in [0.2, 0.25) is 5.96 Å². The van der Waals surface area contributed by atoms with Gasteiger partial charge in [0.1, 0.15) is 0 Å². The lowest BCUT2D eigenvalue weighted by Crippen LogP contribution is -2.49. The van der Waals surface area contributed by atoms with Crippen LogP contribution in [0.25, 0.3) is 0 Å². The molecule has 0 bridgehead atoms. The number of hydrazine groups is 1. The molecule has 4 N–H and O–H groups in total. The average Bonchev–Trinajstić information content (AvgIpc) is 2.79. The van der Waals surface area contributed by atoms with E-state index in [2.05, 4.69) is 5.32 Å². The fraction of sp³-hybridized carbons (Fsp3) is 0.273. The zero-order valence-electron chi connectivity index (χ0n) is 9.39. The third-order valence-corrected chi connectivity index (χ3v) is 2.88. The highest BCUT2D eigenvalue weighted by Crippen LogP contribution is 2.13. The number of guanidine groups is 1. The molecule has 1 aliphatic rings. The van der Waals surface area contributed by atoms with Crippen LogP contribution < -0.4 is 11.1 Å². The molecule has 0 atom stereocenters. The molecule has 0 spiro atoms. The number of rotatable bonds is 1. The molecular weight excluding hydrogens is 234 g/mol. The first-order chi connectivity index (χ1) is 8.18. The van der Waals surface area contributed by atoms with Crippen LogP contribution in [0.4, 0.5) is 5.69 Å². The first-order valence-electron chi connectivity index (χ1n) is 5.43. The summed E-state index contributed by atoms with van der Waals surface area (Å²) in [5.74, 6) is 0.0275. The fourth-order valence-electron chi connectivity index (χ4n) is 1.78. The Morgan fingerprint density at radius 1 is 1.24 bits per heavy atom. The second-order valence-corrected chi connectivity index (χ2v) is 4.17. The second kappa shape index (κ2) is 5.01. The van der Waals surface area contributed by atoms with Crippen molar-refractivity contribution in [1.29, 1.82) is 5.41 Å². The van der Waals surface area contributed by atoms with E-state index in [1.54, 1.807) is 5.01 Å². The molecule has 0 amide bonds. The van der Waals surface area contributed by atoms with Gasteiger partial charge in [-0.3, -0.25) is 15.4 Å². The number of benzene rings is 1. The lowest BCUT2D eigenvalue weighted by molar-refractivity contribution is 0.207. The van der Waals surface area contributed by atoms with E-state index in [0.717, 1.165) is 25.2 Å². The van der Waals surface area contributed by atoms with E-state index in [-0.39, 0.29) is 5.96 Å². The summed E-state index contributed by atoms with van der Waals surface area (Å²) < 4.78 is 0. The van der Waals surface area contributed by atoms with Gasteiger partial charge in [-0.05, 0) is 30.8 Å². The Morgan fingerprint density at radius 3 is 2.53 bits per heavy atom. The molecule has 1 aliphatic heterocycles. The van der Waals surface area contributed by atoms with Gasteiger partial charge in [-0.1, -0.05) is 18.2 Å². The number of anilines is 1. The van der Waals surface area contributed by atoms with Gasteiger partial charge in [0, 0.05) is 18.8 Å². The molecule has 0 radical (unpaired) electrons. The van der Waals surface area contributed by atoms with E-state index in [4.69, 9.17) is 23.4 Å². The van der Waals surface area contributed by atoms with E-state index in [1.807, 2.05) is 35.3 Å². The molecule has 0 unspecified atom stereocenters. The Labute approximate surface area is 106 Å². The van der Waals surface area contributed by atoms with Gasteiger partial charge in [-0.25, -0.2) is 0 Å². The van der Waals surface area contributed by atoms with Crippen LogP contribution >= 0.6 is 12.2 Å². The first kappa shape index (κ1) is 11.7. The van der Waals surface area contributed by atoms with E-state index in [0.29, 0.717) is 5.11 Å². The highest BCUT2D eigenvalue weighted by atomic mass is 32.1. The predicted molar refractivity (Wildman–Crippen MR) is 72.6 cm³/mol. The minimum absolute atomic E-state index is 0.0275. The number of thiocarbonyl (C=S) groups is 1. The van der Waals surface area contributed by atoms with Gasteiger partial charge in [0.25, 0.3) is 0 Å². The smallest absolute Gasteiger partial charge is 0.207 e. The summed E-state index contributed by atoms with van der Waals surface area (Å²) in [4.78, 5) is 0. The summed E-state index contributed by atoms with van der Waals surface area (Å²) in [5.41, 5.74) is 6.44. The summed E-state index contributed by atoms with van der Waals surface area (Å²) in [6.45, 7) is 1.53. The van der Waals surface area contributed by atoms with Crippen molar-refractivity contribution in [3.8, 4) is 0 Å². The van der Waals surface area contributed by atoms with Crippen LogP contribution in [0, 0.1) is 5.41 Å². The summed E-state index contributed by atoms with van der Waals surface area (Å²) >= 11 is 5.31. The summed E-state index contributed by atoms with van der Waals surface area (Å²) in [5, 5.41) is 14.7. The van der Waals surface area contributed by atoms with Gasteiger partial charge in [0.05, 0.1) is 0 Å². The van der Waals surface area contributed by atoms with Crippen molar-refractivity contribution < 1.29 is 0 Å². The van der Waals surface area contributed by atoms with Crippen LogP contribution in [0.3, 0.4) is 0 Å². The molecule has 1 heterocycles. The Hall–Kier alpha value is -1.82. The molecule has 0 aliphatic carbocycles. The van der Waals surface area contributed by atoms with Gasteiger partial charge in [-0.2, -0.15) is 0 Å². The third-order valence-electron chi connectivity index (χ3n) is 2.57. The number of para-hydroxylation sites is 1. The molecule has 0 aromatic heterocycles. The summed E-state index contributed by atoms with van der Waals surface area (Å²) in [6.07, 6.45) is 0.955. The van der Waals surface area contributed by atoms with Crippen molar-refractivity contribution in [2.24, 2.45) is 5.73 Å². The Kier molecular flexibility index (Phi) is 3.43. The second-order valence-electron chi connectivity index (χ2n) is 3.78. The van der Waals surface area contributed by atoms with Crippen LogP contribution in [0.1, 0.15) is 6.42 Å². The molecule has 5 nitrogen and oxygen atoms in total. The molecule has 1 fully saturated rings. The highest BCUT2D eigenvalue weighted by Gasteiger charge is 2.25. The van der Waals surface area contributed by atoms with Crippen LogP contribution in [-0.2, 0) is 0 Å². The van der Waals surface area contributed by atoms with Crippen molar-refractivity contribution in [3.05, 3.63) is 30.3 Å². The van der Waals surface area contributed by atoms with Crippen molar-refractivity contribution in [2.45, 2.75) is 6.42 Å². The monoisotopic (exact) mass is 249 g/mol. The topological polar surface area (TPSA) is 68.4 Å². The predicted octanol–water partition coefficient (Wildman–Crippen LogP) is 1.20. The number of nitrogens with two attached hydrogens (primary N) is 1. The summed E-state index contributed by atoms with van der Waals surface area (Å²) in [7, 11) is 0. The van der Waals surface area contributed by atoms with E-state index < -0.39 is 0 Å². The van der Waals surface area contributed by atoms with E-state index in [9.17, 15) is 0 Å². The lowest BCUT2D eigenvalue weighted by Gasteiger charge is -2.30. The van der Waals surface area contributed by atoms with Crippen molar-refractivity contribution in [2.75, 3.05) is 18.4 Å². The average molecular weight is 249 g/mol. The molecule has 17 heavy (non-hydrogen) atoms. The molecule has 1 saturated heterocycles. The zero-order valence-corrected chi connectivity index (χ0v) is 10.2. The lowest BCUT2D eigenvalue weighted by atomic mass is 10.3. The maximum Gasteiger partial charge on any atom is 0.207 e. The van der Waals surface area contributed by atoms with Gasteiger partial charge in [0.15, 0.2) is 5.11 Å². The molecule has 6 heteroatoms. The largest absolute Gasteiger partial charge is 0.369 e. The van der Waals surface area contributed by atoms with Crippen molar-refractivity contribution in [3.63, 3.8) is 0 Å². The highest BCUT2D eigenvalue weighted by molar-refractivity contribution is 7.80. The van der Waals surface area contributed by atoms with Crippen molar-refractivity contribution >= 4 is 29.0 Å². The van der Waals surface area contributed by atoms with Crippen LogP contribution in [-0.4, -0.2) is 34.2 Å². The number of nitrogens with zero attached hydrogens (tertiary/aromatic N) is 2. The zero-order chi connectivity index (χ0) is 12.3. The molecule has 2 rings (SSSR count). The molecule has 90 valence electrons. The maximum absolute atomic E-state index is 7.47. The van der Waals surface area contributed by atoms with Crippen LogP contribution in [0.5, 0.6) is 0 Å². The van der Waals surface area contributed by atoms with E-state index in [1.165, 1.54) is 0 Å². The van der Waals surface area contributed by atoms with Crippen LogP contribution in [0.15, 0.2) is 30.3 Å². The molecular formula is C11H15N5S. The van der Waals surface area contributed by atoms with Crippen LogP contribution in [0.2, 0.25) is 0 Å². The maximum atomic E-state index is 7.47. The summed E-state index contributed by atoms with van der Waals surface area (Å²) in [6, 6.07) is 9.72. The minimum atomic E-state index is 0.0275. The number of hydrogen-bond donors (Lipinski definition) is 3. The van der Waals surface area contributed by atoms with E-state index >= 15 is 0 Å². The van der Waals surface area contributed by atoms with Crippen molar-refractivity contribution in [1.82, 2.24) is 10.0 Å². The standard InChI is InChI=1S/C11H15N5S/c12-10(13)15-7-4-8-16(15)11(17)14-9-5-2-1-3-6-9/h1-3,5-6H,4,7-8H2,(H3,12,13)(H,14,17). The Bertz CT molecular complexity index is 419. The number of nitrogens with one attached hydrogen (secondary N) is 2. The normalized spacial score (nSPS) is 14.8. The molecule has 1 aromatic carbocycles. The van der Waals surface area contributed by atoms with Gasteiger partial charge >= 0.3 is 0 Å². The van der Waals surface area contributed by atoms with Gasteiger partial charge < -0.3 is 11.1 Å². The number of hydrogen-bond acceptors (Lipinski definition) is 2. The minimum Gasteiger partial charge on any atom is -0.369 e. The molecule has 0 saturated carbocycles. The third kappa shape index (κ3) is 2.65. The quantitative estimate of drug-likeness (QED) is 0.396. The SMILES string of the molecule is N=C(N)N1CCCN1C(=S)Nc1ccccc1. The molecule has 1 aromatic rings.